The summed E-state index contributed by atoms with van der Waals surface area (Å²) in [5.74, 6) is 1.03. The standard InChI is InChI=1S/C37H28N8O6S2/c1-45-14-23(40-17-45)34-42-35(48)26-25(31(53-37(26)44-34)18-8-11-38-12-9-18)19-5-4-6-20(13-19)50-30-24(15-46)51-29(28(30)47)21-16-52-32-27(21)41-33(43-36(32)49)22-7-2-3-10-39-22/h2-14,16-17,24,28-30,46-47H,15H2,1H3,(H,41,43,49)(H,42,44,48)/t24-,28+,29+,30-/m1/s1. The molecule has 4 atom stereocenters. The molecule has 1 saturated heterocycles. The minimum absolute atomic E-state index is 0.285. The van der Waals surface area contributed by atoms with E-state index >= 15 is 0 Å². The van der Waals surface area contributed by atoms with E-state index in [9.17, 15) is 19.8 Å². The number of H-pyrrole nitrogens is 2. The Kier molecular flexibility index (Phi) is 8.24. The Balaban J connectivity index is 1.08. The van der Waals surface area contributed by atoms with Gasteiger partial charge in [0.05, 0.1) is 23.8 Å². The van der Waals surface area contributed by atoms with Crippen molar-refractivity contribution < 1.29 is 19.7 Å². The number of aromatic amines is 2. The van der Waals surface area contributed by atoms with Gasteiger partial charge in [-0.1, -0.05) is 18.2 Å². The van der Waals surface area contributed by atoms with Gasteiger partial charge < -0.3 is 34.2 Å². The Labute approximate surface area is 307 Å². The summed E-state index contributed by atoms with van der Waals surface area (Å²) in [4.78, 5) is 56.2. The molecule has 0 aliphatic carbocycles. The molecule has 4 N–H and O–H groups in total. The van der Waals surface area contributed by atoms with Crippen molar-refractivity contribution in [3.63, 3.8) is 0 Å². The molecular weight excluding hydrogens is 717 g/mol. The summed E-state index contributed by atoms with van der Waals surface area (Å²) in [5.41, 5.74) is 3.45. The molecule has 1 fully saturated rings. The molecule has 264 valence electrons. The van der Waals surface area contributed by atoms with Crippen molar-refractivity contribution >= 4 is 43.1 Å². The van der Waals surface area contributed by atoms with Crippen LogP contribution in [0.4, 0.5) is 0 Å². The molecule has 0 saturated carbocycles. The van der Waals surface area contributed by atoms with Crippen molar-refractivity contribution in [3.8, 4) is 50.4 Å². The van der Waals surface area contributed by atoms with Gasteiger partial charge in [0.25, 0.3) is 11.1 Å². The van der Waals surface area contributed by atoms with Crippen molar-refractivity contribution in [2.24, 2.45) is 7.05 Å². The molecule has 1 aromatic carbocycles. The SMILES string of the molecule is Cn1cnc(-c2nc3sc(-c4ccncc4)c(-c4cccc(O[C@H]5[C@@H](O)[C@H](c6csc7c(=O)[nH]c(-c8ccccn8)nc67)O[C@@H]5CO)c4)c3c(=O)[nH]2)c1. The molecule has 7 aromatic heterocycles. The topological polar surface area (TPSA) is 194 Å². The number of thiophene rings is 2. The largest absolute Gasteiger partial charge is 0.485 e. The quantitative estimate of drug-likeness (QED) is 0.168. The Morgan fingerprint density at radius 3 is 2.55 bits per heavy atom. The molecule has 1 aliphatic rings. The van der Waals surface area contributed by atoms with E-state index in [0.717, 1.165) is 10.4 Å². The normalized spacial score (nSPS) is 18.6. The van der Waals surface area contributed by atoms with Crippen LogP contribution in [-0.2, 0) is 11.8 Å². The van der Waals surface area contributed by atoms with E-state index < -0.39 is 31.0 Å². The zero-order valence-electron chi connectivity index (χ0n) is 27.7. The molecule has 0 unspecified atom stereocenters. The fourth-order valence-corrected chi connectivity index (χ4v) is 8.72. The van der Waals surface area contributed by atoms with Gasteiger partial charge in [0, 0.05) is 47.8 Å². The van der Waals surface area contributed by atoms with Crippen molar-refractivity contribution in [1.82, 2.24) is 39.5 Å². The minimum atomic E-state index is -1.24. The van der Waals surface area contributed by atoms with Crippen LogP contribution in [0.1, 0.15) is 11.7 Å². The van der Waals surface area contributed by atoms with Gasteiger partial charge in [-0.05, 0) is 52.9 Å². The van der Waals surface area contributed by atoms with Gasteiger partial charge >= 0.3 is 0 Å². The Hall–Kier alpha value is -5.91. The maximum Gasteiger partial charge on any atom is 0.269 e. The van der Waals surface area contributed by atoms with Gasteiger partial charge in [0.2, 0.25) is 0 Å². The average molecular weight is 745 g/mol. The molecule has 1 aliphatic heterocycles. The number of aryl methyl sites for hydroxylation is 1. The fraction of sp³-hybridized carbons (Fsp3) is 0.162. The second-order valence-electron chi connectivity index (χ2n) is 12.4. The van der Waals surface area contributed by atoms with Crippen LogP contribution in [0.5, 0.6) is 5.75 Å². The first-order valence-corrected chi connectivity index (χ1v) is 18.2. The van der Waals surface area contributed by atoms with Crippen LogP contribution in [0, 0.1) is 0 Å². The molecule has 8 aromatic rings. The zero-order valence-corrected chi connectivity index (χ0v) is 29.3. The smallest absolute Gasteiger partial charge is 0.269 e. The highest BCUT2D eigenvalue weighted by Gasteiger charge is 2.47. The highest BCUT2D eigenvalue weighted by Crippen LogP contribution is 2.45. The molecular formula is C37H28N8O6S2. The molecule has 0 bridgehead atoms. The van der Waals surface area contributed by atoms with Crippen LogP contribution in [-0.4, -0.2) is 74.6 Å². The number of imidazole rings is 1. The highest BCUT2D eigenvalue weighted by atomic mass is 32.1. The molecule has 9 rings (SSSR count). The number of fused-ring (bicyclic) bond motifs is 2. The van der Waals surface area contributed by atoms with Gasteiger partial charge in [0.1, 0.15) is 45.0 Å². The predicted octanol–water partition coefficient (Wildman–Crippen LogP) is 4.71. The molecule has 14 nitrogen and oxygen atoms in total. The van der Waals surface area contributed by atoms with Gasteiger partial charge in [-0.2, -0.15) is 0 Å². The van der Waals surface area contributed by atoms with Crippen LogP contribution in [0.2, 0.25) is 0 Å². The molecule has 0 spiro atoms. The summed E-state index contributed by atoms with van der Waals surface area (Å²) in [6, 6.07) is 16.2. The van der Waals surface area contributed by atoms with Crippen LogP contribution in [0.25, 0.3) is 65.0 Å². The van der Waals surface area contributed by atoms with Crippen molar-refractivity contribution in [2.75, 3.05) is 6.61 Å². The first-order valence-electron chi connectivity index (χ1n) is 16.5. The lowest BCUT2D eigenvalue weighted by atomic mass is 10.00. The third-order valence-corrected chi connectivity index (χ3v) is 11.1. The average Bonchev–Trinajstić information content (AvgIpc) is 3.97. The number of aliphatic hydroxyl groups excluding tert-OH is 2. The fourth-order valence-electron chi connectivity index (χ4n) is 6.59. The number of nitrogens with one attached hydrogen (secondary N) is 2. The van der Waals surface area contributed by atoms with E-state index in [1.54, 1.807) is 77.5 Å². The van der Waals surface area contributed by atoms with E-state index in [4.69, 9.17) is 19.4 Å². The lowest BCUT2D eigenvalue weighted by Crippen LogP contribution is -2.38. The van der Waals surface area contributed by atoms with Gasteiger partial charge in [-0.3, -0.25) is 19.6 Å². The van der Waals surface area contributed by atoms with E-state index in [1.165, 1.54) is 22.7 Å². The Bertz CT molecular complexity index is 2740. The van der Waals surface area contributed by atoms with E-state index in [-0.39, 0.29) is 16.9 Å². The number of nitrogens with zero attached hydrogens (tertiary/aromatic N) is 6. The molecule has 0 radical (unpaired) electrons. The van der Waals surface area contributed by atoms with Gasteiger partial charge in [0.15, 0.2) is 17.8 Å². The van der Waals surface area contributed by atoms with Crippen LogP contribution < -0.4 is 15.9 Å². The second-order valence-corrected chi connectivity index (χ2v) is 14.3. The number of benzene rings is 1. The third kappa shape index (κ3) is 5.82. The highest BCUT2D eigenvalue weighted by molar-refractivity contribution is 7.22. The third-order valence-electron chi connectivity index (χ3n) is 9.03. The predicted molar refractivity (Wildman–Crippen MR) is 200 cm³/mol. The monoisotopic (exact) mass is 744 g/mol. The molecule has 8 heterocycles. The van der Waals surface area contributed by atoms with Crippen molar-refractivity contribution in [3.05, 3.63) is 117 Å². The number of pyridine rings is 2. The number of aromatic nitrogens is 8. The summed E-state index contributed by atoms with van der Waals surface area (Å²) in [5, 5.41) is 24.2. The summed E-state index contributed by atoms with van der Waals surface area (Å²) in [6.45, 7) is -0.436. The van der Waals surface area contributed by atoms with E-state index in [2.05, 4.69) is 24.9 Å². The van der Waals surface area contributed by atoms with Gasteiger partial charge in [-0.15, -0.1) is 22.7 Å². The maximum atomic E-state index is 13.8. The van der Waals surface area contributed by atoms with Crippen LogP contribution in [0.3, 0.4) is 0 Å². The lowest BCUT2D eigenvalue weighted by Gasteiger charge is -2.21. The van der Waals surface area contributed by atoms with Crippen molar-refractivity contribution in [2.45, 2.75) is 24.4 Å². The first-order chi connectivity index (χ1) is 25.9. The summed E-state index contributed by atoms with van der Waals surface area (Å²) in [7, 11) is 1.84. The van der Waals surface area contributed by atoms with Crippen molar-refractivity contribution in [1.29, 1.82) is 0 Å². The lowest BCUT2D eigenvalue weighted by molar-refractivity contribution is -0.0180. The first kappa shape index (κ1) is 33.0. The zero-order chi connectivity index (χ0) is 36.2. The van der Waals surface area contributed by atoms with E-state index in [0.29, 0.717) is 60.1 Å². The summed E-state index contributed by atoms with van der Waals surface area (Å²) in [6.07, 6.45) is 4.33. The second kappa shape index (κ2) is 13.3. The summed E-state index contributed by atoms with van der Waals surface area (Å²) < 4.78 is 14.8. The summed E-state index contributed by atoms with van der Waals surface area (Å²) >= 11 is 2.57. The van der Waals surface area contributed by atoms with Crippen LogP contribution >= 0.6 is 22.7 Å². The Morgan fingerprint density at radius 1 is 0.943 bits per heavy atom. The Morgan fingerprint density at radius 2 is 1.77 bits per heavy atom. The minimum Gasteiger partial charge on any atom is -0.485 e. The molecule has 16 heteroatoms. The number of rotatable bonds is 8. The maximum absolute atomic E-state index is 13.8. The number of hydrogen-bond acceptors (Lipinski definition) is 13. The molecule has 53 heavy (non-hydrogen) atoms. The number of hydrogen-bond donors (Lipinski definition) is 4. The molecule has 0 amide bonds. The van der Waals surface area contributed by atoms with E-state index in [1.807, 2.05) is 25.2 Å². The number of ether oxygens (including phenoxy) is 2. The van der Waals surface area contributed by atoms with Crippen LogP contribution in [0.15, 0.2) is 101 Å². The number of aliphatic hydroxyl groups is 2. The van der Waals surface area contributed by atoms with Gasteiger partial charge in [-0.25, -0.2) is 15.0 Å².